The maximum Gasteiger partial charge on any atom is 0.416 e. The zero-order chi connectivity index (χ0) is 25.9. The van der Waals surface area contributed by atoms with E-state index in [0.29, 0.717) is 5.56 Å². The molecule has 2 atom stereocenters. The SMILES string of the molecule is CC(Oc1cc(Oc2ccc(C(F)(F)F)cc2Cl)ccc1Cl)C(=O)C(C#N)c1ccc(Cl)c(Cl)c1. The number of carbonyl (C=O) groups is 1. The fraction of sp³-hybridized carbons (Fsp3) is 0.167. The molecule has 0 heterocycles. The van der Waals surface area contributed by atoms with Crippen LogP contribution in [0.25, 0.3) is 0 Å². The van der Waals surface area contributed by atoms with Crippen LogP contribution in [0.15, 0.2) is 54.6 Å². The van der Waals surface area contributed by atoms with Crippen LogP contribution in [-0.2, 0) is 11.0 Å². The molecule has 0 saturated carbocycles. The number of hydrogen-bond donors (Lipinski definition) is 0. The Bertz CT molecular complexity index is 1310. The molecule has 4 nitrogen and oxygen atoms in total. The molecule has 0 radical (unpaired) electrons. The van der Waals surface area contributed by atoms with Crippen LogP contribution in [-0.4, -0.2) is 11.9 Å². The first-order valence-electron chi connectivity index (χ1n) is 9.79. The summed E-state index contributed by atoms with van der Waals surface area (Å²) in [5.74, 6) is -1.56. The Morgan fingerprint density at radius 1 is 0.886 bits per heavy atom. The zero-order valence-electron chi connectivity index (χ0n) is 17.7. The Morgan fingerprint density at radius 3 is 2.17 bits per heavy atom. The third-order valence-electron chi connectivity index (χ3n) is 4.78. The topological polar surface area (TPSA) is 59.3 Å². The number of ether oxygens (including phenoxy) is 2. The summed E-state index contributed by atoms with van der Waals surface area (Å²) >= 11 is 24.0. The number of halogens is 7. The number of rotatable bonds is 7. The predicted octanol–water partition coefficient (Wildman–Crippen LogP) is 8.76. The van der Waals surface area contributed by atoms with Crippen molar-refractivity contribution < 1.29 is 27.4 Å². The van der Waals surface area contributed by atoms with Gasteiger partial charge in [-0.1, -0.05) is 52.5 Å². The molecule has 2 unspecified atom stereocenters. The smallest absolute Gasteiger partial charge is 0.416 e. The van der Waals surface area contributed by atoms with Gasteiger partial charge in [-0.25, -0.2) is 0 Å². The van der Waals surface area contributed by atoms with E-state index in [4.69, 9.17) is 55.9 Å². The second-order valence-electron chi connectivity index (χ2n) is 7.24. The van der Waals surface area contributed by atoms with E-state index >= 15 is 0 Å². The van der Waals surface area contributed by atoms with E-state index in [1.807, 2.05) is 6.07 Å². The van der Waals surface area contributed by atoms with Crippen LogP contribution in [0, 0.1) is 11.3 Å². The van der Waals surface area contributed by atoms with E-state index in [1.54, 1.807) is 0 Å². The maximum absolute atomic E-state index is 12.9. The Hall–Kier alpha value is -2.63. The summed E-state index contributed by atoms with van der Waals surface area (Å²) in [6, 6.07) is 13.2. The standard InChI is InChI=1S/C24H14Cl4F3NO3/c1-12(23(33)16(11-32)13-2-5-17(25)19(27)8-13)34-22-10-15(4-6-18(22)26)35-21-7-3-14(9-20(21)28)24(29,30)31/h2-10,12,16H,1H3. The van der Waals surface area contributed by atoms with Crippen molar-refractivity contribution in [3.05, 3.63) is 85.8 Å². The molecule has 0 bridgehead atoms. The van der Waals surface area contributed by atoms with E-state index in [9.17, 15) is 23.2 Å². The largest absolute Gasteiger partial charge is 0.481 e. The number of Topliss-reactive ketones (excluding diaryl/α,β-unsaturated/α-hetero) is 1. The van der Waals surface area contributed by atoms with Gasteiger partial charge in [0.05, 0.1) is 31.7 Å². The molecule has 0 spiro atoms. The van der Waals surface area contributed by atoms with Crippen molar-refractivity contribution in [3.8, 4) is 23.3 Å². The minimum atomic E-state index is -4.55. The second kappa shape index (κ2) is 11.0. The lowest BCUT2D eigenvalue weighted by atomic mass is 9.93. The van der Waals surface area contributed by atoms with E-state index in [-0.39, 0.29) is 37.3 Å². The number of hydrogen-bond acceptors (Lipinski definition) is 4. The van der Waals surface area contributed by atoms with Gasteiger partial charge in [0.1, 0.15) is 23.2 Å². The molecule has 3 aromatic rings. The van der Waals surface area contributed by atoms with Gasteiger partial charge in [0, 0.05) is 6.07 Å². The highest BCUT2D eigenvalue weighted by molar-refractivity contribution is 6.42. The van der Waals surface area contributed by atoms with Gasteiger partial charge < -0.3 is 9.47 Å². The lowest BCUT2D eigenvalue weighted by molar-refractivity contribution is -0.137. The molecule has 35 heavy (non-hydrogen) atoms. The van der Waals surface area contributed by atoms with Gasteiger partial charge in [0.2, 0.25) is 0 Å². The van der Waals surface area contributed by atoms with Crippen molar-refractivity contribution in [2.45, 2.75) is 25.1 Å². The fourth-order valence-electron chi connectivity index (χ4n) is 3.00. The quantitative estimate of drug-likeness (QED) is 0.289. The molecule has 11 heteroatoms. The minimum absolute atomic E-state index is 0.0266. The molecule has 3 rings (SSSR count). The summed E-state index contributed by atoms with van der Waals surface area (Å²) in [5, 5.41) is 9.91. The maximum atomic E-state index is 12.9. The lowest BCUT2D eigenvalue weighted by Crippen LogP contribution is -2.29. The van der Waals surface area contributed by atoms with E-state index in [1.165, 1.54) is 43.3 Å². The summed E-state index contributed by atoms with van der Waals surface area (Å²) in [4.78, 5) is 12.9. The number of alkyl halides is 3. The van der Waals surface area contributed by atoms with Crippen molar-refractivity contribution >= 4 is 52.2 Å². The van der Waals surface area contributed by atoms with Gasteiger partial charge in [-0.05, 0) is 55.0 Å². The first-order chi connectivity index (χ1) is 16.4. The highest BCUT2D eigenvalue weighted by Gasteiger charge is 2.31. The molecular weight excluding hydrogens is 549 g/mol. The van der Waals surface area contributed by atoms with E-state index in [2.05, 4.69) is 0 Å². The third kappa shape index (κ3) is 6.53. The summed E-state index contributed by atoms with van der Waals surface area (Å²) in [7, 11) is 0. The predicted molar refractivity (Wildman–Crippen MR) is 128 cm³/mol. The molecule has 0 saturated heterocycles. The van der Waals surface area contributed by atoms with Crippen LogP contribution in [0.4, 0.5) is 13.2 Å². The molecule has 0 N–H and O–H groups in total. The highest BCUT2D eigenvalue weighted by atomic mass is 35.5. The average molecular weight is 563 g/mol. The van der Waals surface area contributed by atoms with Crippen molar-refractivity contribution in [2.75, 3.05) is 0 Å². The summed E-state index contributed by atoms with van der Waals surface area (Å²) in [6.07, 6.45) is -5.65. The molecule has 0 aliphatic rings. The van der Waals surface area contributed by atoms with Crippen LogP contribution in [0.3, 0.4) is 0 Å². The third-order valence-corrected chi connectivity index (χ3v) is 6.13. The van der Waals surface area contributed by atoms with Gasteiger partial charge in [-0.2, -0.15) is 18.4 Å². The number of nitrogens with zero attached hydrogens (tertiary/aromatic N) is 1. The Balaban J connectivity index is 1.79. The monoisotopic (exact) mass is 561 g/mol. The summed E-state index contributed by atoms with van der Waals surface area (Å²) in [6.45, 7) is 1.45. The summed E-state index contributed by atoms with van der Waals surface area (Å²) < 4.78 is 49.8. The number of ketones is 1. The Morgan fingerprint density at radius 2 is 1.57 bits per heavy atom. The zero-order valence-corrected chi connectivity index (χ0v) is 20.7. The molecule has 0 amide bonds. The highest BCUT2D eigenvalue weighted by Crippen LogP contribution is 2.38. The number of nitriles is 1. The van der Waals surface area contributed by atoms with Crippen molar-refractivity contribution in [3.63, 3.8) is 0 Å². The lowest BCUT2D eigenvalue weighted by Gasteiger charge is -2.19. The first kappa shape index (κ1) is 27.0. The molecule has 0 aliphatic carbocycles. The first-order valence-corrected chi connectivity index (χ1v) is 11.3. The number of benzene rings is 3. The molecule has 0 aromatic heterocycles. The Labute approximate surface area is 218 Å². The van der Waals surface area contributed by atoms with Crippen LogP contribution in [0.1, 0.15) is 24.0 Å². The van der Waals surface area contributed by atoms with Gasteiger partial charge in [-0.15, -0.1) is 0 Å². The molecule has 0 fully saturated rings. The van der Waals surface area contributed by atoms with Crippen molar-refractivity contribution in [1.82, 2.24) is 0 Å². The molecule has 182 valence electrons. The van der Waals surface area contributed by atoms with Gasteiger partial charge in [0.15, 0.2) is 11.9 Å². The van der Waals surface area contributed by atoms with Gasteiger partial charge >= 0.3 is 6.18 Å². The van der Waals surface area contributed by atoms with Crippen molar-refractivity contribution in [1.29, 1.82) is 5.26 Å². The minimum Gasteiger partial charge on any atom is -0.481 e. The van der Waals surface area contributed by atoms with E-state index in [0.717, 1.165) is 18.2 Å². The van der Waals surface area contributed by atoms with E-state index < -0.39 is 29.5 Å². The normalized spacial score (nSPS) is 13.0. The van der Waals surface area contributed by atoms with Crippen LogP contribution in [0.5, 0.6) is 17.2 Å². The van der Waals surface area contributed by atoms with Crippen LogP contribution < -0.4 is 9.47 Å². The fourth-order valence-corrected chi connectivity index (χ4v) is 3.69. The average Bonchev–Trinajstić information content (AvgIpc) is 2.79. The van der Waals surface area contributed by atoms with Gasteiger partial charge in [0.25, 0.3) is 0 Å². The molecule has 3 aromatic carbocycles. The summed E-state index contributed by atoms with van der Waals surface area (Å²) in [5.41, 5.74) is -0.571. The molecular formula is C24H14Cl4F3NO3. The van der Waals surface area contributed by atoms with Gasteiger partial charge in [-0.3, -0.25) is 4.79 Å². The number of carbonyl (C=O) groups excluding carboxylic acids is 1. The second-order valence-corrected chi connectivity index (χ2v) is 8.86. The molecule has 0 aliphatic heterocycles. The van der Waals surface area contributed by atoms with Crippen LogP contribution in [0.2, 0.25) is 20.1 Å². The van der Waals surface area contributed by atoms with Crippen LogP contribution >= 0.6 is 46.4 Å². The van der Waals surface area contributed by atoms with Crippen molar-refractivity contribution in [2.24, 2.45) is 0 Å². The Kier molecular flexibility index (Phi) is 8.45.